The van der Waals surface area contributed by atoms with Crippen LogP contribution in [0.3, 0.4) is 0 Å². The Labute approximate surface area is 148 Å². The summed E-state index contributed by atoms with van der Waals surface area (Å²) in [5.74, 6) is 1.94. The molecule has 4 rings (SSSR count). The van der Waals surface area contributed by atoms with Crippen molar-refractivity contribution in [2.24, 2.45) is 0 Å². The van der Waals surface area contributed by atoms with Crippen LogP contribution in [0, 0.1) is 0 Å². The largest absolute Gasteiger partial charge is 0.493 e. The normalized spacial score (nSPS) is 13.6. The van der Waals surface area contributed by atoms with Crippen LogP contribution in [-0.2, 0) is 6.42 Å². The third-order valence-electron chi connectivity index (χ3n) is 4.34. The number of rotatable bonds is 4. The van der Waals surface area contributed by atoms with Crippen LogP contribution in [0.25, 0.3) is 17.9 Å². The third-order valence-corrected chi connectivity index (χ3v) is 4.34. The quantitative estimate of drug-likeness (QED) is 0.709. The number of hydrogen-bond donors (Lipinski definition) is 1. The fourth-order valence-electron chi connectivity index (χ4n) is 3.11. The highest BCUT2D eigenvalue weighted by Crippen LogP contribution is 2.38. The van der Waals surface area contributed by atoms with E-state index in [0.717, 1.165) is 29.4 Å². The number of methoxy groups -OCH3 is 3. The zero-order valence-corrected chi connectivity index (χ0v) is 14.7. The molecule has 8 nitrogen and oxygen atoms in total. The van der Waals surface area contributed by atoms with Crippen LogP contribution in [-0.4, -0.2) is 40.9 Å². The summed E-state index contributed by atoms with van der Waals surface area (Å²) < 4.78 is 17.6. The number of ether oxygens (including phenoxy) is 3. The summed E-state index contributed by atoms with van der Waals surface area (Å²) in [7, 11) is 4.64. The molecule has 0 bridgehead atoms. The fourth-order valence-corrected chi connectivity index (χ4v) is 3.11. The SMILES string of the molecule is COc1cc(/C=c2\c(=O)[nH]c3nc4c(nn23)CCC=4)cc(OC)c1OC. The van der Waals surface area contributed by atoms with Gasteiger partial charge in [0.1, 0.15) is 5.35 Å². The van der Waals surface area contributed by atoms with Crippen LogP contribution >= 0.6 is 0 Å². The predicted octanol–water partition coefficient (Wildman–Crippen LogP) is -0.00110. The van der Waals surface area contributed by atoms with Crippen LogP contribution in [0.2, 0.25) is 0 Å². The van der Waals surface area contributed by atoms with E-state index in [9.17, 15) is 4.79 Å². The summed E-state index contributed by atoms with van der Waals surface area (Å²) in [6, 6.07) is 3.55. The van der Waals surface area contributed by atoms with E-state index in [1.807, 2.05) is 6.08 Å². The molecule has 0 saturated carbocycles. The van der Waals surface area contributed by atoms with Crippen LogP contribution in [0.5, 0.6) is 17.2 Å². The number of imidazole rings is 1. The molecule has 0 saturated heterocycles. The molecule has 134 valence electrons. The topological polar surface area (TPSA) is 90.7 Å². The number of fused-ring (bicyclic) bond motifs is 2. The zero-order chi connectivity index (χ0) is 18.3. The van der Waals surface area contributed by atoms with Crippen molar-refractivity contribution >= 4 is 17.9 Å². The van der Waals surface area contributed by atoms with Gasteiger partial charge in [-0.1, -0.05) is 6.08 Å². The first-order valence-corrected chi connectivity index (χ1v) is 8.14. The number of aryl methyl sites for hydroxylation is 1. The minimum Gasteiger partial charge on any atom is -0.493 e. The molecule has 0 aliphatic heterocycles. The van der Waals surface area contributed by atoms with Crippen molar-refractivity contribution in [3.63, 3.8) is 0 Å². The lowest BCUT2D eigenvalue weighted by molar-refractivity contribution is 0.324. The lowest BCUT2D eigenvalue weighted by Gasteiger charge is -2.12. The number of nitrogens with zero attached hydrogens (tertiary/aromatic N) is 3. The second-order valence-electron chi connectivity index (χ2n) is 5.86. The molecule has 8 heteroatoms. The van der Waals surface area contributed by atoms with Gasteiger partial charge in [-0.05, 0) is 36.6 Å². The molecule has 0 unspecified atom stereocenters. The maximum atomic E-state index is 12.4. The van der Waals surface area contributed by atoms with E-state index in [1.165, 1.54) is 0 Å². The Kier molecular flexibility index (Phi) is 3.87. The first-order valence-electron chi connectivity index (χ1n) is 8.14. The van der Waals surface area contributed by atoms with Gasteiger partial charge in [0.15, 0.2) is 11.5 Å². The number of aromatic amines is 1. The lowest BCUT2D eigenvalue weighted by Crippen LogP contribution is -2.28. The summed E-state index contributed by atoms with van der Waals surface area (Å²) >= 11 is 0. The molecule has 1 aliphatic carbocycles. The van der Waals surface area contributed by atoms with E-state index in [2.05, 4.69) is 15.1 Å². The highest BCUT2D eigenvalue weighted by Gasteiger charge is 2.14. The van der Waals surface area contributed by atoms with Gasteiger partial charge in [0, 0.05) is 0 Å². The second-order valence-corrected chi connectivity index (χ2v) is 5.86. The summed E-state index contributed by atoms with van der Waals surface area (Å²) in [5, 5.41) is 5.79. The second kappa shape index (κ2) is 6.21. The van der Waals surface area contributed by atoms with Gasteiger partial charge in [-0.25, -0.2) is 4.98 Å². The number of hydrogen-bond acceptors (Lipinski definition) is 6. The summed E-state index contributed by atoms with van der Waals surface area (Å²) in [6.45, 7) is 0. The molecule has 3 aromatic rings. The van der Waals surface area contributed by atoms with E-state index >= 15 is 0 Å². The van der Waals surface area contributed by atoms with E-state index in [1.54, 1.807) is 44.1 Å². The van der Waals surface area contributed by atoms with Crippen LogP contribution in [0.15, 0.2) is 16.9 Å². The number of benzene rings is 1. The van der Waals surface area contributed by atoms with Gasteiger partial charge in [0.25, 0.3) is 5.56 Å². The van der Waals surface area contributed by atoms with Gasteiger partial charge in [-0.2, -0.15) is 9.61 Å². The zero-order valence-electron chi connectivity index (χ0n) is 14.7. The minimum atomic E-state index is -0.262. The van der Waals surface area contributed by atoms with Crippen molar-refractivity contribution in [1.29, 1.82) is 0 Å². The highest BCUT2D eigenvalue weighted by atomic mass is 16.5. The Bertz CT molecular complexity index is 1150. The molecule has 26 heavy (non-hydrogen) atoms. The molecule has 0 amide bonds. The maximum Gasteiger partial charge on any atom is 0.276 e. The Morgan fingerprint density at radius 2 is 1.88 bits per heavy atom. The fraction of sp³-hybridized carbons (Fsp3) is 0.278. The first-order chi connectivity index (χ1) is 12.6. The lowest BCUT2D eigenvalue weighted by atomic mass is 10.1. The van der Waals surface area contributed by atoms with Crippen molar-refractivity contribution < 1.29 is 14.2 Å². The van der Waals surface area contributed by atoms with E-state index in [-0.39, 0.29) is 5.56 Å². The summed E-state index contributed by atoms with van der Waals surface area (Å²) in [5.41, 5.74) is 1.35. The minimum absolute atomic E-state index is 0.262. The van der Waals surface area contributed by atoms with Crippen LogP contribution in [0.1, 0.15) is 17.7 Å². The Hall–Kier alpha value is -3.29. The molecule has 0 radical (unpaired) electrons. The van der Waals surface area contributed by atoms with Gasteiger partial charge < -0.3 is 14.2 Å². The predicted molar refractivity (Wildman–Crippen MR) is 95.3 cm³/mol. The van der Waals surface area contributed by atoms with Gasteiger partial charge in [-0.3, -0.25) is 9.78 Å². The third kappa shape index (κ3) is 2.50. The van der Waals surface area contributed by atoms with Crippen LogP contribution in [0.4, 0.5) is 0 Å². The van der Waals surface area contributed by atoms with Crippen molar-refractivity contribution in [2.75, 3.05) is 21.3 Å². The molecule has 0 spiro atoms. The maximum absolute atomic E-state index is 12.4. The number of aromatic nitrogens is 4. The molecule has 0 fully saturated rings. The average Bonchev–Trinajstić information content (AvgIpc) is 3.22. The standard InChI is InChI=1S/C18H18N4O4/c1-24-14-8-10(9-15(25-2)16(14)26-3)7-13-17(23)20-18-19-11-5-4-6-12(11)21-22(13)18/h5,7-9H,4,6H2,1-3H3,(H,19,20,23)/b13-7+. The molecule has 1 aromatic carbocycles. The van der Waals surface area contributed by atoms with E-state index in [0.29, 0.717) is 28.4 Å². The van der Waals surface area contributed by atoms with Gasteiger partial charge in [0.05, 0.1) is 32.4 Å². The molecule has 2 heterocycles. The Morgan fingerprint density at radius 1 is 1.15 bits per heavy atom. The Balaban J connectivity index is 1.96. The molecule has 2 aromatic heterocycles. The van der Waals surface area contributed by atoms with Crippen LogP contribution < -0.4 is 30.5 Å². The number of H-pyrrole nitrogens is 1. The molecule has 0 atom stereocenters. The van der Waals surface area contributed by atoms with Crippen molar-refractivity contribution in [1.82, 2.24) is 19.6 Å². The monoisotopic (exact) mass is 354 g/mol. The molecule has 1 N–H and O–H groups in total. The first kappa shape index (κ1) is 16.2. The smallest absolute Gasteiger partial charge is 0.276 e. The molecular formula is C18H18N4O4. The number of nitrogens with one attached hydrogen (secondary N) is 1. The van der Waals surface area contributed by atoms with Crippen molar-refractivity contribution in [3.05, 3.63) is 44.4 Å². The van der Waals surface area contributed by atoms with E-state index < -0.39 is 0 Å². The van der Waals surface area contributed by atoms with Crippen molar-refractivity contribution in [2.45, 2.75) is 12.8 Å². The molecular weight excluding hydrogens is 336 g/mol. The molecule has 1 aliphatic rings. The van der Waals surface area contributed by atoms with Gasteiger partial charge in [0.2, 0.25) is 11.5 Å². The van der Waals surface area contributed by atoms with Crippen molar-refractivity contribution in [3.8, 4) is 17.2 Å². The summed E-state index contributed by atoms with van der Waals surface area (Å²) in [4.78, 5) is 19.6. The Morgan fingerprint density at radius 3 is 2.54 bits per heavy atom. The van der Waals surface area contributed by atoms with E-state index in [4.69, 9.17) is 14.2 Å². The van der Waals surface area contributed by atoms with Gasteiger partial charge >= 0.3 is 0 Å². The summed E-state index contributed by atoms with van der Waals surface area (Å²) in [6.07, 6.45) is 5.49. The van der Waals surface area contributed by atoms with Gasteiger partial charge in [-0.15, -0.1) is 0 Å². The highest BCUT2D eigenvalue weighted by molar-refractivity contribution is 5.62. The average molecular weight is 354 g/mol.